The van der Waals surface area contributed by atoms with E-state index in [0.29, 0.717) is 37.1 Å². The summed E-state index contributed by atoms with van der Waals surface area (Å²) in [7, 11) is 1.35. The second kappa shape index (κ2) is 16.6. The van der Waals surface area contributed by atoms with Gasteiger partial charge in [0.2, 0.25) is 0 Å². The first kappa shape index (κ1) is 37.5. The first-order valence-electron chi connectivity index (χ1n) is 13.3. The van der Waals surface area contributed by atoms with Gasteiger partial charge >= 0.3 is 30.4 Å². The number of nitrogens with zero attached hydrogens (tertiary/aromatic N) is 2. The highest BCUT2D eigenvalue weighted by atomic mass is 19.4. The lowest BCUT2D eigenvalue weighted by Crippen LogP contribution is -2.57. The molecule has 1 atom stereocenters. The van der Waals surface area contributed by atoms with Crippen molar-refractivity contribution in [3.63, 3.8) is 0 Å². The SMILES string of the molecule is COC(=O)N1CC(Nc2cc(C(=O)NC[C@@H](O)CNC3Cc4ccccc4C3)ccn2)C1.O=C(O)C(F)(F)F.O=C(O)C(F)(F)F. The van der Waals surface area contributed by atoms with Gasteiger partial charge in [0, 0.05) is 44.0 Å². The minimum Gasteiger partial charge on any atom is -0.475 e. The van der Waals surface area contributed by atoms with Gasteiger partial charge in [-0.15, -0.1) is 0 Å². The predicted molar refractivity (Wildman–Crippen MR) is 147 cm³/mol. The Balaban J connectivity index is 0.000000440. The van der Waals surface area contributed by atoms with Crippen LogP contribution in [-0.2, 0) is 27.2 Å². The second-order valence-corrected chi connectivity index (χ2v) is 9.90. The minimum atomic E-state index is -5.08. The standard InChI is InChI=1S/C23H29N5O4.2C2HF3O2/c1-32-23(31)28-13-19(14-28)27-21-10-17(6-7-24-21)22(30)26-12-20(29)11-25-18-8-15-4-2-3-5-16(15)9-18;2*3-2(4,5)1(6)7/h2-7,10,18-20,25,29H,8-9,11-14H2,1H3,(H,24,27)(H,26,30);2*(H,6,7)/t20-;;/m0../s1. The summed E-state index contributed by atoms with van der Waals surface area (Å²) in [5.74, 6) is -5.22. The van der Waals surface area contributed by atoms with Crippen LogP contribution < -0.4 is 16.0 Å². The van der Waals surface area contributed by atoms with E-state index in [0.717, 1.165) is 12.8 Å². The molecule has 1 aromatic heterocycles. The molecule has 0 bridgehead atoms. The number of likely N-dealkylation sites (tertiary alicyclic amines) is 1. The molecule has 19 heteroatoms. The lowest BCUT2D eigenvalue weighted by molar-refractivity contribution is -0.193. The van der Waals surface area contributed by atoms with Crippen molar-refractivity contribution in [1.29, 1.82) is 0 Å². The van der Waals surface area contributed by atoms with Gasteiger partial charge in [0.15, 0.2) is 0 Å². The highest BCUT2D eigenvalue weighted by Gasteiger charge is 2.39. The number of pyridine rings is 1. The number of rotatable bonds is 8. The Morgan fingerprint density at radius 1 is 0.935 bits per heavy atom. The molecule has 2 heterocycles. The van der Waals surface area contributed by atoms with Crippen LogP contribution in [0.4, 0.5) is 37.0 Å². The minimum absolute atomic E-state index is 0.0644. The lowest BCUT2D eigenvalue weighted by atomic mass is 10.1. The fourth-order valence-electron chi connectivity index (χ4n) is 4.10. The van der Waals surface area contributed by atoms with E-state index in [4.69, 9.17) is 19.8 Å². The molecule has 1 aliphatic carbocycles. The molecule has 1 saturated heterocycles. The largest absolute Gasteiger partial charge is 0.490 e. The molecule has 1 aliphatic heterocycles. The number of benzene rings is 1. The van der Waals surface area contributed by atoms with E-state index in [1.54, 1.807) is 23.2 Å². The summed E-state index contributed by atoms with van der Waals surface area (Å²) in [5.41, 5.74) is 3.17. The van der Waals surface area contributed by atoms with Crippen molar-refractivity contribution in [1.82, 2.24) is 20.5 Å². The maximum Gasteiger partial charge on any atom is 0.490 e. The summed E-state index contributed by atoms with van der Waals surface area (Å²) >= 11 is 0. The van der Waals surface area contributed by atoms with Crippen molar-refractivity contribution in [2.45, 2.75) is 43.4 Å². The van der Waals surface area contributed by atoms with Crippen LogP contribution in [0.2, 0.25) is 0 Å². The highest BCUT2D eigenvalue weighted by molar-refractivity contribution is 5.94. The molecule has 1 aromatic carbocycles. The third kappa shape index (κ3) is 12.4. The van der Waals surface area contributed by atoms with Crippen LogP contribution in [0.25, 0.3) is 0 Å². The number of carbonyl (C=O) groups excluding carboxylic acids is 2. The van der Waals surface area contributed by atoms with Crippen LogP contribution >= 0.6 is 0 Å². The van der Waals surface area contributed by atoms with Gasteiger partial charge in [0.05, 0.1) is 19.3 Å². The molecule has 254 valence electrons. The van der Waals surface area contributed by atoms with Gasteiger partial charge in [-0.1, -0.05) is 24.3 Å². The third-order valence-electron chi connectivity index (χ3n) is 6.36. The molecule has 0 saturated carbocycles. The van der Waals surface area contributed by atoms with Gasteiger partial charge in [-0.2, -0.15) is 26.3 Å². The van der Waals surface area contributed by atoms with Crippen molar-refractivity contribution in [2.75, 3.05) is 38.6 Å². The first-order valence-corrected chi connectivity index (χ1v) is 13.3. The molecule has 2 aromatic rings. The zero-order chi connectivity index (χ0) is 34.7. The summed E-state index contributed by atoms with van der Waals surface area (Å²) in [4.78, 5) is 47.5. The molecule has 2 aliphatic rings. The number of aromatic nitrogens is 1. The number of ether oxygens (including phenoxy) is 1. The first-order chi connectivity index (χ1) is 21.4. The van der Waals surface area contributed by atoms with Crippen LogP contribution in [-0.4, -0.2) is 113 Å². The van der Waals surface area contributed by atoms with Gasteiger partial charge < -0.3 is 40.9 Å². The number of hydrogen-bond donors (Lipinski definition) is 6. The van der Waals surface area contributed by atoms with Crippen LogP contribution in [0.15, 0.2) is 42.6 Å². The number of aliphatic hydroxyl groups excluding tert-OH is 1. The number of hydrogen-bond acceptors (Lipinski definition) is 9. The summed E-state index contributed by atoms with van der Waals surface area (Å²) < 4.78 is 68.1. The number of aliphatic hydroxyl groups is 1. The van der Waals surface area contributed by atoms with E-state index in [9.17, 15) is 41.0 Å². The van der Waals surface area contributed by atoms with Gasteiger partial charge in [-0.3, -0.25) is 4.79 Å². The van der Waals surface area contributed by atoms with E-state index >= 15 is 0 Å². The number of anilines is 1. The number of aliphatic carboxylic acids is 2. The summed E-state index contributed by atoms with van der Waals surface area (Å²) in [6.45, 7) is 1.62. The molecule has 46 heavy (non-hydrogen) atoms. The average molecular weight is 668 g/mol. The fourth-order valence-corrected chi connectivity index (χ4v) is 4.10. The Labute approximate surface area is 257 Å². The van der Waals surface area contributed by atoms with Crippen LogP contribution in [0.3, 0.4) is 0 Å². The Hall–Kier alpha value is -4.65. The van der Waals surface area contributed by atoms with E-state index in [1.165, 1.54) is 18.2 Å². The monoisotopic (exact) mass is 667 g/mol. The van der Waals surface area contributed by atoms with Crippen molar-refractivity contribution in [2.24, 2.45) is 0 Å². The number of carbonyl (C=O) groups is 4. The lowest BCUT2D eigenvalue weighted by Gasteiger charge is -2.38. The second-order valence-electron chi connectivity index (χ2n) is 9.90. The van der Waals surface area contributed by atoms with Crippen LogP contribution in [0, 0.1) is 0 Å². The number of carboxylic acid groups (broad SMARTS) is 2. The number of nitrogens with one attached hydrogen (secondary N) is 3. The van der Waals surface area contributed by atoms with E-state index < -0.39 is 30.4 Å². The Kier molecular flexibility index (Phi) is 13.5. The summed E-state index contributed by atoms with van der Waals surface area (Å²) in [6.07, 6.45) is -7.72. The van der Waals surface area contributed by atoms with Crippen molar-refractivity contribution < 1.29 is 65.6 Å². The molecule has 0 radical (unpaired) electrons. The molecular weight excluding hydrogens is 636 g/mol. The maximum atomic E-state index is 12.5. The molecule has 0 spiro atoms. The van der Waals surface area contributed by atoms with E-state index in [-0.39, 0.29) is 24.6 Å². The number of halogens is 6. The molecular formula is C27H31F6N5O8. The summed E-state index contributed by atoms with van der Waals surface area (Å²) in [6, 6.07) is 12.1. The van der Waals surface area contributed by atoms with Crippen molar-refractivity contribution in [3.05, 3.63) is 59.3 Å². The zero-order valence-electron chi connectivity index (χ0n) is 24.1. The topological polar surface area (TPSA) is 190 Å². The quantitative estimate of drug-likeness (QED) is 0.226. The number of amides is 2. The Bertz CT molecular complexity index is 1310. The van der Waals surface area contributed by atoms with Crippen LogP contribution in [0.1, 0.15) is 21.5 Å². The van der Waals surface area contributed by atoms with E-state index in [2.05, 4.69) is 49.9 Å². The van der Waals surface area contributed by atoms with Gasteiger partial charge in [-0.05, 0) is 36.1 Å². The molecule has 1 fully saturated rings. The number of methoxy groups -OCH3 is 1. The van der Waals surface area contributed by atoms with Crippen LogP contribution in [0.5, 0.6) is 0 Å². The number of alkyl halides is 6. The smallest absolute Gasteiger partial charge is 0.475 e. The Morgan fingerprint density at radius 3 is 1.93 bits per heavy atom. The van der Waals surface area contributed by atoms with E-state index in [1.807, 2.05) is 0 Å². The zero-order valence-corrected chi connectivity index (χ0v) is 24.1. The Morgan fingerprint density at radius 2 is 1.46 bits per heavy atom. The summed E-state index contributed by atoms with van der Waals surface area (Å²) in [5, 5.41) is 33.9. The highest BCUT2D eigenvalue weighted by Crippen LogP contribution is 2.21. The van der Waals surface area contributed by atoms with Crippen molar-refractivity contribution >= 4 is 29.8 Å². The predicted octanol–water partition coefficient (Wildman–Crippen LogP) is 2.06. The van der Waals surface area contributed by atoms with Gasteiger partial charge in [-0.25, -0.2) is 19.4 Å². The molecule has 13 nitrogen and oxygen atoms in total. The molecule has 4 rings (SSSR count). The number of carboxylic acids is 2. The third-order valence-corrected chi connectivity index (χ3v) is 6.36. The van der Waals surface area contributed by atoms with Gasteiger partial charge in [0.1, 0.15) is 5.82 Å². The maximum absolute atomic E-state index is 12.5. The average Bonchev–Trinajstić information content (AvgIpc) is 3.39. The normalized spacial score (nSPS) is 15.1. The molecule has 6 N–H and O–H groups in total. The fraction of sp³-hybridized carbons (Fsp3) is 0.444. The number of fused-ring (bicyclic) bond motifs is 1. The van der Waals surface area contributed by atoms with Gasteiger partial charge in [0.25, 0.3) is 5.91 Å². The molecule has 0 unspecified atom stereocenters. The van der Waals surface area contributed by atoms with Crippen molar-refractivity contribution in [3.8, 4) is 0 Å². The molecule has 2 amide bonds.